The van der Waals surface area contributed by atoms with E-state index < -0.39 is 0 Å². The Morgan fingerprint density at radius 3 is 2.74 bits per heavy atom. The van der Waals surface area contributed by atoms with E-state index in [4.69, 9.17) is 0 Å². The first-order valence-corrected chi connectivity index (χ1v) is 12.7. The molecule has 2 heteroatoms. The standard InChI is InChI=1S/C29H38N2/c1-28-13-10-23(30-3)17-22(28)6-7-24-26-9-8-25(29(26,2)14-11-27(24)28)20-5-4-19-12-15-31-18-21(19)16-20/h4-6,12,15-16,18,23-27,30H,7-11,13-14,17H2,1-3H3/t23-,24+,25-,26+,27+,28+,29-/m1/s1. The maximum absolute atomic E-state index is 4.38. The first-order valence-electron chi connectivity index (χ1n) is 12.7. The molecule has 1 N–H and O–H groups in total. The van der Waals surface area contributed by atoms with Crippen LogP contribution in [-0.4, -0.2) is 18.1 Å². The molecule has 1 aromatic carbocycles. The molecule has 164 valence electrons. The topological polar surface area (TPSA) is 24.9 Å². The fourth-order valence-corrected chi connectivity index (χ4v) is 8.78. The predicted molar refractivity (Wildman–Crippen MR) is 129 cm³/mol. The summed E-state index contributed by atoms with van der Waals surface area (Å²) in [6.07, 6.45) is 17.6. The van der Waals surface area contributed by atoms with Crippen LogP contribution in [0, 0.1) is 28.6 Å². The van der Waals surface area contributed by atoms with Gasteiger partial charge in [-0.2, -0.15) is 0 Å². The molecule has 6 rings (SSSR count). The van der Waals surface area contributed by atoms with Gasteiger partial charge in [-0.1, -0.05) is 37.6 Å². The highest BCUT2D eigenvalue weighted by atomic mass is 14.9. The van der Waals surface area contributed by atoms with Gasteiger partial charge in [-0.3, -0.25) is 4.98 Å². The second-order valence-electron chi connectivity index (χ2n) is 11.6. The minimum atomic E-state index is 0.459. The molecule has 0 radical (unpaired) electrons. The average Bonchev–Trinajstić information content (AvgIpc) is 3.15. The van der Waals surface area contributed by atoms with E-state index in [2.05, 4.69) is 61.5 Å². The Bertz CT molecular complexity index is 1020. The van der Waals surface area contributed by atoms with Gasteiger partial charge >= 0.3 is 0 Å². The zero-order valence-electron chi connectivity index (χ0n) is 19.5. The first-order chi connectivity index (χ1) is 15.0. The number of nitrogens with zero attached hydrogens (tertiary/aromatic N) is 1. The van der Waals surface area contributed by atoms with Gasteiger partial charge in [-0.05, 0) is 116 Å². The minimum Gasteiger partial charge on any atom is -0.317 e. The Hall–Kier alpha value is -1.67. The lowest BCUT2D eigenvalue weighted by molar-refractivity contribution is -0.0325. The van der Waals surface area contributed by atoms with E-state index in [1.54, 1.807) is 11.1 Å². The van der Waals surface area contributed by atoms with Crippen LogP contribution in [0.2, 0.25) is 0 Å². The smallest absolute Gasteiger partial charge is 0.0346 e. The van der Waals surface area contributed by atoms with Crippen LogP contribution < -0.4 is 5.32 Å². The Morgan fingerprint density at radius 2 is 1.87 bits per heavy atom. The molecule has 1 heterocycles. The van der Waals surface area contributed by atoms with Crippen LogP contribution in [0.1, 0.15) is 76.7 Å². The summed E-state index contributed by atoms with van der Waals surface area (Å²) in [5, 5.41) is 6.18. The number of allylic oxidation sites excluding steroid dienone is 1. The van der Waals surface area contributed by atoms with Crippen LogP contribution >= 0.6 is 0 Å². The number of pyridine rings is 1. The zero-order valence-corrected chi connectivity index (χ0v) is 19.5. The van der Waals surface area contributed by atoms with E-state index in [0.717, 1.165) is 17.8 Å². The molecule has 4 aliphatic carbocycles. The van der Waals surface area contributed by atoms with Gasteiger partial charge < -0.3 is 5.32 Å². The Kier molecular flexibility index (Phi) is 4.62. The zero-order chi connectivity index (χ0) is 21.2. The van der Waals surface area contributed by atoms with Crippen molar-refractivity contribution in [2.24, 2.45) is 28.6 Å². The van der Waals surface area contributed by atoms with Crippen molar-refractivity contribution in [2.75, 3.05) is 7.05 Å². The largest absolute Gasteiger partial charge is 0.317 e. The summed E-state index contributed by atoms with van der Waals surface area (Å²) in [6, 6.07) is 10.0. The highest BCUT2D eigenvalue weighted by molar-refractivity contribution is 5.82. The molecule has 1 aromatic heterocycles. The van der Waals surface area contributed by atoms with Gasteiger partial charge in [0.25, 0.3) is 0 Å². The normalized spacial score (nSPS) is 41.9. The Balaban J connectivity index is 1.31. The summed E-state index contributed by atoms with van der Waals surface area (Å²) >= 11 is 0. The lowest BCUT2D eigenvalue weighted by Gasteiger charge is -2.58. The predicted octanol–water partition coefficient (Wildman–Crippen LogP) is 6.87. The van der Waals surface area contributed by atoms with Crippen molar-refractivity contribution in [1.29, 1.82) is 0 Å². The maximum atomic E-state index is 4.38. The number of rotatable bonds is 2. The van der Waals surface area contributed by atoms with Gasteiger partial charge in [0.2, 0.25) is 0 Å². The molecule has 2 nitrogen and oxygen atoms in total. The van der Waals surface area contributed by atoms with Gasteiger partial charge in [0.1, 0.15) is 0 Å². The number of nitrogens with one attached hydrogen (secondary N) is 1. The third-order valence-corrected chi connectivity index (χ3v) is 10.6. The van der Waals surface area contributed by atoms with Crippen LogP contribution in [0.4, 0.5) is 0 Å². The molecular formula is C29H38N2. The number of benzene rings is 1. The molecule has 2 aromatic rings. The number of hydrogen-bond acceptors (Lipinski definition) is 2. The van der Waals surface area contributed by atoms with E-state index in [0.29, 0.717) is 22.8 Å². The van der Waals surface area contributed by atoms with Crippen LogP contribution in [-0.2, 0) is 0 Å². The van der Waals surface area contributed by atoms with E-state index in [1.807, 2.05) is 12.4 Å². The number of hydrogen-bond donors (Lipinski definition) is 1. The summed E-state index contributed by atoms with van der Waals surface area (Å²) in [4.78, 5) is 4.38. The highest BCUT2D eigenvalue weighted by Gasteiger charge is 2.58. The quantitative estimate of drug-likeness (QED) is 0.542. The molecule has 0 saturated heterocycles. The van der Waals surface area contributed by atoms with Crippen molar-refractivity contribution in [2.45, 2.75) is 77.2 Å². The molecule has 31 heavy (non-hydrogen) atoms. The van der Waals surface area contributed by atoms with E-state index in [-0.39, 0.29) is 0 Å². The van der Waals surface area contributed by atoms with E-state index >= 15 is 0 Å². The molecule has 0 unspecified atom stereocenters. The number of aromatic nitrogens is 1. The monoisotopic (exact) mass is 414 g/mol. The molecule has 4 aliphatic rings. The van der Waals surface area contributed by atoms with Crippen LogP contribution in [0.5, 0.6) is 0 Å². The van der Waals surface area contributed by atoms with Crippen molar-refractivity contribution in [1.82, 2.24) is 10.3 Å². The van der Waals surface area contributed by atoms with Gasteiger partial charge in [0.15, 0.2) is 0 Å². The SMILES string of the molecule is CN[C@@H]1CC[C@@]2(C)C(=CC[C@H]3[C@@H]4CC[C@H](c5ccc6ccncc6c5)[C@@]4(C)CC[C@@H]32)C1. The minimum absolute atomic E-state index is 0.459. The molecule has 0 amide bonds. The lowest BCUT2D eigenvalue weighted by Crippen LogP contribution is -2.51. The second kappa shape index (κ2) is 7.17. The summed E-state index contributed by atoms with van der Waals surface area (Å²) in [5.74, 6) is 3.40. The summed E-state index contributed by atoms with van der Waals surface area (Å²) in [7, 11) is 2.15. The van der Waals surface area contributed by atoms with Gasteiger partial charge in [0, 0.05) is 23.8 Å². The highest BCUT2D eigenvalue weighted by Crippen LogP contribution is 2.68. The van der Waals surface area contributed by atoms with Crippen LogP contribution in [0.15, 0.2) is 48.3 Å². The third kappa shape index (κ3) is 2.90. The Labute approximate surface area is 187 Å². The lowest BCUT2D eigenvalue weighted by atomic mass is 9.47. The first kappa shape index (κ1) is 20.0. The van der Waals surface area contributed by atoms with E-state index in [9.17, 15) is 0 Å². The van der Waals surface area contributed by atoms with Crippen molar-refractivity contribution >= 4 is 10.8 Å². The summed E-state index contributed by atoms with van der Waals surface area (Å²) in [6.45, 7) is 5.28. The van der Waals surface area contributed by atoms with Gasteiger partial charge in [0.05, 0.1) is 0 Å². The van der Waals surface area contributed by atoms with Crippen LogP contribution in [0.25, 0.3) is 10.8 Å². The van der Waals surface area contributed by atoms with Gasteiger partial charge in [-0.25, -0.2) is 0 Å². The van der Waals surface area contributed by atoms with Crippen molar-refractivity contribution in [3.63, 3.8) is 0 Å². The number of fused-ring (bicyclic) bond motifs is 6. The Morgan fingerprint density at radius 1 is 0.968 bits per heavy atom. The van der Waals surface area contributed by atoms with E-state index in [1.165, 1.54) is 62.1 Å². The van der Waals surface area contributed by atoms with Crippen molar-refractivity contribution < 1.29 is 0 Å². The molecule has 0 aliphatic heterocycles. The molecule has 0 spiro atoms. The van der Waals surface area contributed by atoms with Crippen molar-refractivity contribution in [3.8, 4) is 0 Å². The molecule has 3 fully saturated rings. The third-order valence-electron chi connectivity index (χ3n) is 10.6. The maximum Gasteiger partial charge on any atom is 0.0346 e. The second-order valence-corrected chi connectivity index (χ2v) is 11.6. The summed E-state index contributed by atoms with van der Waals surface area (Å²) < 4.78 is 0. The van der Waals surface area contributed by atoms with Gasteiger partial charge in [-0.15, -0.1) is 0 Å². The fraction of sp³-hybridized carbons (Fsp3) is 0.621. The van der Waals surface area contributed by atoms with Crippen LogP contribution in [0.3, 0.4) is 0 Å². The average molecular weight is 415 g/mol. The summed E-state index contributed by atoms with van der Waals surface area (Å²) in [5.41, 5.74) is 4.28. The molecule has 7 atom stereocenters. The fourth-order valence-electron chi connectivity index (χ4n) is 8.78. The molecule has 0 bridgehead atoms. The van der Waals surface area contributed by atoms with Crippen molar-refractivity contribution in [3.05, 3.63) is 53.9 Å². The molecular weight excluding hydrogens is 376 g/mol. The molecule has 3 saturated carbocycles.